The van der Waals surface area contributed by atoms with E-state index >= 15 is 0 Å². The Morgan fingerprint density at radius 3 is 1.76 bits per heavy atom. The van der Waals surface area contributed by atoms with Crippen molar-refractivity contribution in [2.24, 2.45) is 0 Å². The molecule has 0 saturated carbocycles. The molecule has 0 aliphatic carbocycles. The number of hydrogen-bond acceptors (Lipinski definition) is 9. The van der Waals surface area contributed by atoms with Gasteiger partial charge in [-0.1, -0.05) is 24.3 Å². The molecule has 0 unspecified atom stereocenters. The molecule has 0 fully saturated rings. The Bertz CT molecular complexity index is 930. The van der Waals surface area contributed by atoms with Crippen LogP contribution in [0.4, 0.5) is 0 Å². The molecule has 33 heavy (non-hydrogen) atoms. The minimum atomic E-state index is -1.81. The molecule has 0 spiro atoms. The van der Waals surface area contributed by atoms with Gasteiger partial charge in [-0.15, -0.1) is 0 Å². The van der Waals surface area contributed by atoms with Crippen LogP contribution in [0.5, 0.6) is 11.5 Å². The van der Waals surface area contributed by atoms with Crippen molar-refractivity contribution in [3.63, 3.8) is 0 Å². The van der Waals surface area contributed by atoms with Gasteiger partial charge in [-0.05, 0) is 24.3 Å². The standard InChI is InChI=1S/C22H24O9.2Na/c1-28-22(29-2,16-6-4-8-18(14-16)31-12-10-20(25)26)21(27)15-5-3-7-17(13-15)30-11-9-19(23)24;;/h3-8,13-14H,9-12H2,1-2H3,(H,23,24)(H,25,26);;/q;2*+1/p-2. The molecule has 0 amide bonds. The number of methoxy groups -OCH3 is 2. The smallest absolute Gasteiger partial charge is 0.550 e. The number of ketones is 1. The van der Waals surface area contributed by atoms with Crippen LogP contribution in [0.2, 0.25) is 0 Å². The predicted molar refractivity (Wildman–Crippen MR) is 103 cm³/mol. The van der Waals surface area contributed by atoms with Crippen LogP contribution < -0.4 is 78.8 Å². The van der Waals surface area contributed by atoms with E-state index in [1.807, 2.05) is 0 Å². The molecule has 166 valence electrons. The van der Waals surface area contributed by atoms with Gasteiger partial charge in [0.1, 0.15) is 11.5 Å². The van der Waals surface area contributed by atoms with E-state index in [2.05, 4.69) is 0 Å². The van der Waals surface area contributed by atoms with E-state index in [0.29, 0.717) is 17.1 Å². The Hall–Kier alpha value is -1.43. The quantitative estimate of drug-likeness (QED) is 0.157. The number of carboxylic acids is 2. The van der Waals surface area contributed by atoms with Gasteiger partial charge in [0.15, 0.2) is 0 Å². The maximum atomic E-state index is 13.3. The van der Waals surface area contributed by atoms with Crippen molar-refractivity contribution < 1.29 is 103 Å². The van der Waals surface area contributed by atoms with Crippen molar-refractivity contribution in [1.29, 1.82) is 0 Å². The van der Waals surface area contributed by atoms with Crippen LogP contribution in [-0.4, -0.2) is 45.2 Å². The number of carboxylic acid groups (broad SMARTS) is 2. The van der Waals surface area contributed by atoms with Crippen molar-refractivity contribution >= 4 is 17.7 Å². The maximum absolute atomic E-state index is 13.3. The molecular weight excluding hydrogens is 454 g/mol. The van der Waals surface area contributed by atoms with Crippen LogP contribution in [0.1, 0.15) is 28.8 Å². The first-order valence-electron chi connectivity index (χ1n) is 9.33. The second kappa shape index (κ2) is 15.5. The fraction of sp³-hybridized carbons (Fsp3) is 0.318. The summed E-state index contributed by atoms with van der Waals surface area (Å²) in [4.78, 5) is 34.4. The summed E-state index contributed by atoms with van der Waals surface area (Å²) < 4.78 is 21.7. The van der Waals surface area contributed by atoms with Crippen LogP contribution in [0.3, 0.4) is 0 Å². The Morgan fingerprint density at radius 2 is 1.27 bits per heavy atom. The summed E-state index contributed by atoms with van der Waals surface area (Å²) in [6.07, 6.45) is -0.573. The summed E-state index contributed by atoms with van der Waals surface area (Å²) in [5.41, 5.74) is 0.537. The number of carbonyl (C=O) groups excluding carboxylic acids is 3. The molecule has 2 aromatic carbocycles. The maximum Gasteiger partial charge on any atom is 1.00 e. The molecule has 0 N–H and O–H groups in total. The van der Waals surface area contributed by atoms with E-state index in [1.54, 1.807) is 36.4 Å². The normalized spacial score (nSPS) is 10.4. The first kappa shape index (κ1) is 31.6. The van der Waals surface area contributed by atoms with Gasteiger partial charge < -0.3 is 38.7 Å². The third-order valence-corrected chi connectivity index (χ3v) is 4.33. The monoisotopic (exact) mass is 476 g/mol. The Balaban J connectivity index is 0.00000512. The van der Waals surface area contributed by atoms with Crippen molar-refractivity contribution in [1.82, 2.24) is 0 Å². The van der Waals surface area contributed by atoms with Gasteiger partial charge in [-0.2, -0.15) is 0 Å². The van der Waals surface area contributed by atoms with Gasteiger partial charge in [0.2, 0.25) is 5.78 Å². The average molecular weight is 476 g/mol. The molecule has 11 heteroatoms. The number of benzene rings is 2. The van der Waals surface area contributed by atoms with Gasteiger partial charge in [-0.3, -0.25) is 4.79 Å². The largest absolute Gasteiger partial charge is 1.00 e. The van der Waals surface area contributed by atoms with Crippen molar-refractivity contribution in [2.75, 3.05) is 27.4 Å². The van der Waals surface area contributed by atoms with Crippen LogP contribution in [0.25, 0.3) is 0 Å². The number of hydrogen-bond donors (Lipinski definition) is 0. The molecule has 0 aliphatic heterocycles. The average Bonchev–Trinajstić information content (AvgIpc) is 2.75. The summed E-state index contributed by atoms with van der Waals surface area (Å²) in [7, 11) is 2.62. The molecule has 2 aromatic rings. The summed E-state index contributed by atoms with van der Waals surface area (Å²) >= 11 is 0. The fourth-order valence-corrected chi connectivity index (χ4v) is 2.85. The summed E-state index contributed by atoms with van der Waals surface area (Å²) in [6, 6.07) is 12.5. The van der Waals surface area contributed by atoms with Gasteiger partial charge in [0.25, 0.3) is 5.79 Å². The van der Waals surface area contributed by atoms with E-state index in [9.17, 15) is 24.6 Å². The van der Waals surface area contributed by atoms with Crippen LogP contribution >= 0.6 is 0 Å². The first-order chi connectivity index (χ1) is 14.8. The molecule has 0 atom stereocenters. The molecule has 0 heterocycles. The molecule has 0 saturated heterocycles. The zero-order chi connectivity index (χ0) is 22.9. The third-order valence-electron chi connectivity index (χ3n) is 4.33. The minimum Gasteiger partial charge on any atom is -0.550 e. The molecule has 2 rings (SSSR count). The zero-order valence-electron chi connectivity index (χ0n) is 19.1. The van der Waals surface area contributed by atoms with Crippen LogP contribution in [0, 0.1) is 0 Å². The molecular formula is C22H22Na2O9. The second-order valence-electron chi connectivity index (χ2n) is 6.35. The van der Waals surface area contributed by atoms with E-state index in [0.717, 1.165) is 0 Å². The Kier molecular flexibility index (Phi) is 14.8. The topological polar surface area (TPSA) is 134 Å². The van der Waals surface area contributed by atoms with Gasteiger partial charge >= 0.3 is 59.1 Å². The van der Waals surface area contributed by atoms with Crippen LogP contribution in [-0.2, 0) is 24.8 Å². The van der Waals surface area contributed by atoms with Crippen molar-refractivity contribution in [3.05, 3.63) is 59.7 Å². The summed E-state index contributed by atoms with van der Waals surface area (Å²) in [6.45, 7) is -0.205. The molecule has 0 aliphatic rings. The minimum absolute atomic E-state index is 0. The molecule has 9 nitrogen and oxygen atoms in total. The van der Waals surface area contributed by atoms with E-state index in [1.165, 1.54) is 26.4 Å². The van der Waals surface area contributed by atoms with Crippen molar-refractivity contribution in [3.8, 4) is 11.5 Å². The molecule has 0 bridgehead atoms. The first-order valence-corrected chi connectivity index (χ1v) is 9.33. The number of carbonyl (C=O) groups is 3. The van der Waals surface area contributed by atoms with E-state index in [-0.39, 0.29) is 90.7 Å². The molecule has 0 aromatic heterocycles. The zero-order valence-corrected chi connectivity index (χ0v) is 23.1. The van der Waals surface area contributed by atoms with Crippen molar-refractivity contribution in [2.45, 2.75) is 18.6 Å². The van der Waals surface area contributed by atoms with Gasteiger partial charge in [-0.25, -0.2) is 0 Å². The summed E-state index contributed by atoms with van der Waals surface area (Å²) in [5.74, 6) is -4.20. The predicted octanol–water partition coefficient (Wildman–Crippen LogP) is -5.94. The van der Waals surface area contributed by atoms with Gasteiger partial charge in [0, 0.05) is 50.1 Å². The van der Waals surface area contributed by atoms with E-state index < -0.39 is 23.5 Å². The van der Waals surface area contributed by atoms with Crippen LogP contribution in [0.15, 0.2) is 48.5 Å². The fourth-order valence-electron chi connectivity index (χ4n) is 2.85. The second-order valence-corrected chi connectivity index (χ2v) is 6.35. The Labute approximate surface area is 235 Å². The molecule has 0 radical (unpaired) electrons. The SMILES string of the molecule is COC(OC)(C(=O)c1cccc(OCCC(=O)[O-])c1)c1cccc(OCCC(=O)[O-])c1.[Na+].[Na+]. The van der Waals surface area contributed by atoms with E-state index in [4.69, 9.17) is 18.9 Å². The number of Topliss-reactive ketones (excluding diaryl/α,β-unsaturated/α-hetero) is 1. The number of ether oxygens (including phenoxy) is 4. The third kappa shape index (κ3) is 9.03. The Morgan fingerprint density at radius 1 is 0.788 bits per heavy atom. The summed E-state index contributed by atoms with van der Waals surface area (Å²) in [5, 5.41) is 21.1. The number of rotatable bonds is 13. The number of aliphatic carboxylic acids is 2. The van der Waals surface area contributed by atoms with Gasteiger partial charge in [0.05, 0.1) is 13.2 Å².